The van der Waals surface area contributed by atoms with Crippen LogP contribution in [0.15, 0.2) is 53.4 Å². The van der Waals surface area contributed by atoms with E-state index < -0.39 is 10.0 Å². The molecule has 0 atom stereocenters. The van der Waals surface area contributed by atoms with Gasteiger partial charge in [0.25, 0.3) is 10.0 Å². The quantitative estimate of drug-likeness (QED) is 0.693. The van der Waals surface area contributed by atoms with Crippen molar-refractivity contribution in [3.05, 3.63) is 70.9 Å². The summed E-state index contributed by atoms with van der Waals surface area (Å²) in [6, 6.07) is 14.4. The van der Waals surface area contributed by atoms with E-state index in [4.69, 9.17) is 0 Å². The molecule has 3 aromatic rings. The molecule has 142 valence electrons. The van der Waals surface area contributed by atoms with Gasteiger partial charge in [-0.1, -0.05) is 49.7 Å². The number of nitrogens with zero attached hydrogens (tertiary/aromatic N) is 2. The summed E-state index contributed by atoms with van der Waals surface area (Å²) in [5.41, 5.74) is 5.35. The van der Waals surface area contributed by atoms with Crippen molar-refractivity contribution in [2.24, 2.45) is 0 Å². The van der Waals surface area contributed by atoms with E-state index in [1.54, 1.807) is 30.3 Å². The summed E-state index contributed by atoms with van der Waals surface area (Å²) in [4.78, 5) is 0.216. The smallest absolute Gasteiger partial charge is 0.262 e. The van der Waals surface area contributed by atoms with Gasteiger partial charge in [0, 0.05) is 11.8 Å². The molecule has 0 saturated carbocycles. The molecule has 2 aromatic carbocycles. The van der Waals surface area contributed by atoms with Crippen molar-refractivity contribution in [2.75, 3.05) is 4.72 Å². The van der Waals surface area contributed by atoms with Crippen molar-refractivity contribution in [2.45, 2.75) is 45.4 Å². The zero-order chi connectivity index (χ0) is 19.8. The molecule has 5 nitrogen and oxygen atoms in total. The summed E-state index contributed by atoms with van der Waals surface area (Å²) in [7, 11) is -3.68. The summed E-state index contributed by atoms with van der Waals surface area (Å²) in [6.07, 6.45) is 0. The molecule has 0 unspecified atom stereocenters. The van der Waals surface area contributed by atoms with E-state index in [-0.39, 0.29) is 10.8 Å². The van der Waals surface area contributed by atoms with Gasteiger partial charge in [-0.05, 0) is 49.9 Å². The van der Waals surface area contributed by atoms with Crippen molar-refractivity contribution in [1.82, 2.24) is 9.78 Å². The number of hydrogen-bond donors (Lipinski definition) is 1. The molecule has 1 heterocycles. The number of nitrogens with one attached hydrogen (secondary N) is 1. The molecule has 6 heteroatoms. The molecule has 0 fully saturated rings. The Bertz CT molecular complexity index is 1050. The summed E-state index contributed by atoms with van der Waals surface area (Å²) < 4.78 is 29.8. The van der Waals surface area contributed by atoms with E-state index in [1.165, 1.54) is 5.56 Å². The average molecular weight is 384 g/mol. The molecular weight excluding hydrogens is 358 g/mol. The van der Waals surface area contributed by atoms with Gasteiger partial charge in [0.1, 0.15) is 0 Å². The molecule has 0 spiro atoms. The number of anilines is 1. The van der Waals surface area contributed by atoms with Crippen LogP contribution in [0.5, 0.6) is 0 Å². The van der Waals surface area contributed by atoms with E-state index in [1.807, 2.05) is 10.7 Å². The lowest BCUT2D eigenvalue weighted by Gasteiger charge is -2.15. The SMILES string of the molecule is Cc1cc(C)c(-n2nc(NS(=O)(=O)c3ccccc3)cc2C(C)C)c(C)c1. The highest BCUT2D eigenvalue weighted by atomic mass is 32.2. The van der Waals surface area contributed by atoms with Crippen LogP contribution >= 0.6 is 0 Å². The summed E-state index contributed by atoms with van der Waals surface area (Å²) in [5, 5.41) is 4.59. The Morgan fingerprint density at radius 3 is 2.11 bits per heavy atom. The van der Waals surface area contributed by atoms with Crippen molar-refractivity contribution >= 4 is 15.8 Å². The minimum Gasteiger partial charge on any atom is -0.262 e. The van der Waals surface area contributed by atoms with Crippen molar-refractivity contribution in [3.8, 4) is 5.69 Å². The first-order valence-electron chi connectivity index (χ1n) is 8.95. The van der Waals surface area contributed by atoms with Crippen LogP contribution in [-0.4, -0.2) is 18.2 Å². The standard InChI is InChI=1S/C21H25N3O2S/c1-14(2)19-13-20(23-27(25,26)18-9-7-6-8-10-18)22-24(19)21-16(4)11-15(3)12-17(21)5/h6-14H,1-5H3,(H,22,23). The lowest BCUT2D eigenvalue weighted by molar-refractivity contribution is 0.601. The highest BCUT2D eigenvalue weighted by molar-refractivity contribution is 7.92. The first kappa shape index (κ1) is 19.2. The molecule has 0 saturated heterocycles. The van der Waals surface area contributed by atoms with Crippen LogP contribution in [-0.2, 0) is 10.0 Å². The van der Waals surface area contributed by atoms with E-state index in [0.29, 0.717) is 5.82 Å². The fourth-order valence-electron chi connectivity index (χ4n) is 3.34. The largest absolute Gasteiger partial charge is 0.263 e. The van der Waals surface area contributed by atoms with Crippen LogP contribution in [0.4, 0.5) is 5.82 Å². The average Bonchev–Trinajstić information content (AvgIpc) is 2.97. The highest BCUT2D eigenvalue weighted by Crippen LogP contribution is 2.28. The van der Waals surface area contributed by atoms with Gasteiger partial charge in [-0.25, -0.2) is 13.1 Å². The van der Waals surface area contributed by atoms with Crippen LogP contribution in [0.25, 0.3) is 5.69 Å². The fraction of sp³-hybridized carbons (Fsp3) is 0.286. The van der Waals surface area contributed by atoms with Crippen LogP contribution < -0.4 is 4.72 Å². The first-order chi connectivity index (χ1) is 12.7. The minimum atomic E-state index is -3.68. The summed E-state index contributed by atoms with van der Waals surface area (Å²) >= 11 is 0. The topological polar surface area (TPSA) is 64.0 Å². The number of hydrogen-bond acceptors (Lipinski definition) is 3. The molecule has 3 rings (SSSR count). The maximum atomic E-state index is 12.6. The van der Waals surface area contributed by atoms with Gasteiger partial charge in [0.05, 0.1) is 10.6 Å². The number of aromatic nitrogens is 2. The number of benzene rings is 2. The van der Waals surface area contributed by atoms with E-state index in [2.05, 4.69) is 56.6 Å². The van der Waals surface area contributed by atoms with Crippen LogP contribution in [0, 0.1) is 20.8 Å². The van der Waals surface area contributed by atoms with Crippen LogP contribution in [0.2, 0.25) is 0 Å². The Balaban J connectivity index is 2.08. The zero-order valence-electron chi connectivity index (χ0n) is 16.3. The molecule has 0 aliphatic heterocycles. The van der Waals surface area contributed by atoms with E-state index >= 15 is 0 Å². The molecule has 1 N–H and O–H groups in total. The number of rotatable bonds is 5. The van der Waals surface area contributed by atoms with Crippen molar-refractivity contribution < 1.29 is 8.42 Å². The van der Waals surface area contributed by atoms with Crippen LogP contribution in [0.3, 0.4) is 0 Å². The molecule has 1 aromatic heterocycles. The summed E-state index contributed by atoms with van der Waals surface area (Å²) in [5.74, 6) is 0.509. The lowest BCUT2D eigenvalue weighted by atomic mass is 10.0. The molecule has 0 bridgehead atoms. The van der Waals surface area contributed by atoms with Gasteiger partial charge in [-0.15, -0.1) is 5.10 Å². The third-order valence-corrected chi connectivity index (χ3v) is 5.84. The molecule has 0 amide bonds. The van der Waals surface area contributed by atoms with Gasteiger partial charge < -0.3 is 0 Å². The second kappa shape index (κ2) is 7.19. The number of aryl methyl sites for hydroxylation is 3. The van der Waals surface area contributed by atoms with Crippen LogP contribution in [0.1, 0.15) is 42.1 Å². The Hall–Kier alpha value is -2.60. The third kappa shape index (κ3) is 3.90. The number of sulfonamides is 1. The molecule has 0 aliphatic rings. The Labute approximate surface area is 161 Å². The predicted molar refractivity (Wildman–Crippen MR) is 109 cm³/mol. The molecule has 27 heavy (non-hydrogen) atoms. The second-order valence-electron chi connectivity index (χ2n) is 7.19. The van der Waals surface area contributed by atoms with Gasteiger partial charge in [-0.2, -0.15) is 0 Å². The zero-order valence-corrected chi connectivity index (χ0v) is 17.1. The normalized spacial score (nSPS) is 11.8. The Morgan fingerprint density at radius 2 is 1.56 bits per heavy atom. The monoisotopic (exact) mass is 383 g/mol. The molecular formula is C21H25N3O2S. The van der Waals surface area contributed by atoms with Crippen molar-refractivity contribution in [1.29, 1.82) is 0 Å². The van der Waals surface area contributed by atoms with Gasteiger partial charge in [0.15, 0.2) is 5.82 Å². The van der Waals surface area contributed by atoms with Gasteiger partial charge in [-0.3, -0.25) is 4.72 Å². The minimum absolute atomic E-state index is 0.188. The highest BCUT2D eigenvalue weighted by Gasteiger charge is 2.20. The Morgan fingerprint density at radius 1 is 0.963 bits per heavy atom. The van der Waals surface area contributed by atoms with Crippen molar-refractivity contribution in [3.63, 3.8) is 0 Å². The summed E-state index contributed by atoms with van der Waals surface area (Å²) in [6.45, 7) is 10.3. The van der Waals surface area contributed by atoms with E-state index in [0.717, 1.165) is 22.5 Å². The Kier molecular flexibility index (Phi) is 5.11. The fourth-order valence-corrected chi connectivity index (χ4v) is 4.35. The second-order valence-corrected chi connectivity index (χ2v) is 8.87. The van der Waals surface area contributed by atoms with E-state index in [9.17, 15) is 8.42 Å². The van der Waals surface area contributed by atoms with Gasteiger partial charge in [0.2, 0.25) is 0 Å². The predicted octanol–water partition coefficient (Wildman–Crippen LogP) is 4.72. The molecule has 0 radical (unpaired) electrons. The van der Waals surface area contributed by atoms with Gasteiger partial charge >= 0.3 is 0 Å². The lowest BCUT2D eigenvalue weighted by Crippen LogP contribution is -2.13. The first-order valence-corrected chi connectivity index (χ1v) is 10.4. The third-order valence-electron chi connectivity index (χ3n) is 4.47. The maximum Gasteiger partial charge on any atom is 0.263 e. The maximum absolute atomic E-state index is 12.6. The molecule has 0 aliphatic carbocycles.